The molecule has 0 fully saturated rings. The third-order valence-corrected chi connectivity index (χ3v) is 1.63. The summed E-state index contributed by atoms with van der Waals surface area (Å²) in [5.74, 6) is -1.39. The molecule has 0 unspecified atom stereocenters. The lowest BCUT2D eigenvalue weighted by Gasteiger charge is -2.17. The van der Waals surface area contributed by atoms with Crippen molar-refractivity contribution in [3.8, 4) is 0 Å². The summed E-state index contributed by atoms with van der Waals surface area (Å²) in [5.41, 5.74) is 0.529. The van der Waals surface area contributed by atoms with Gasteiger partial charge in [0.15, 0.2) is 0 Å². The molecule has 6 nitrogen and oxygen atoms in total. The van der Waals surface area contributed by atoms with Gasteiger partial charge >= 0.3 is 11.9 Å². The van der Waals surface area contributed by atoms with Crippen molar-refractivity contribution in [1.82, 2.24) is 5.06 Å². The highest BCUT2D eigenvalue weighted by Gasteiger charge is 2.09. The summed E-state index contributed by atoms with van der Waals surface area (Å²) in [6.07, 6.45) is 0. The molecule has 0 radical (unpaired) electrons. The summed E-state index contributed by atoms with van der Waals surface area (Å²) >= 11 is 0. The zero-order valence-electron chi connectivity index (χ0n) is 11.1. The van der Waals surface area contributed by atoms with Gasteiger partial charge < -0.3 is 15.1 Å². The zero-order chi connectivity index (χ0) is 14.7. The maximum absolute atomic E-state index is 10.9. The van der Waals surface area contributed by atoms with Gasteiger partial charge in [-0.3, -0.25) is 0 Å². The van der Waals surface area contributed by atoms with E-state index in [-0.39, 0.29) is 12.2 Å². The van der Waals surface area contributed by atoms with Gasteiger partial charge in [0, 0.05) is 17.7 Å². The maximum Gasteiger partial charge on any atom is 0.352 e. The van der Waals surface area contributed by atoms with Gasteiger partial charge in [-0.25, -0.2) is 9.59 Å². The smallest absolute Gasteiger partial charge is 0.352 e. The number of hydroxylamine groups is 2. The number of rotatable bonds is 6. The van der Waals surface area contributed by atoms with Gasteiger partial charge in [-0.1, -0.05) is 13.2 Å². The van der Waals surface area contributed by atoms with Crippen molar-refractivity contribution in [3.05, 3.63) is 24.3 Å². The molecule has 0 amide bonds. The van der Waals surface area contributed by atoms with Crippen LogP contribution in [0.1, 0.15) is 20.8 Å². The Hall–Kier alpha value is -1.66. The van der Waals surface area contributed by atoms with Crippen molar-refractivity contribution in [2.45, 2.75) is 20.8 Å². The molecule has 0 heterocycles. The molecule has 0 spiro atoms. The summed E-state index contributed by atoms with van der Waals surface area (Å²) in [6.45, 7) is 12.3. The monoisotopic (exact) mass is 259 g/mol. The number of likely N-dealkylation sites (N-methyl/N-ethyl adjacent to an activating group) is 1. The number of carboxylic acid groups (broad SMARTS) is 1. The van der Waals surface area contributed by atoms with E-state index in [0.29, 0.717) is 18.7 Å². The Morgan fingerprint density at radius 2 is 1.67 bits per heavy atom. The predicted molar refractivity (Wildman–Crippen MR) is 67.7 cm³/mol. The number of aliphatic carboxylic acids is 1. The zero-order valence-corrected chi connectivity index (χ0v) is 11.1. The Balaban J connectivity index is 0. The molecule has 0 bridgehead atoms. The Labute approximate surface area is 107 Å². The molecule has 0 aliphatic rings. The fourth-order valence-corrected chi connectivity index (χ4v) is 0.575. The Morgan fingerprint density at radius 1 is 1.22 bits per heavy atom. The minimum Gasteiger partial charge on any atom is -0.478 e. The summed E-state index contributed by atoms with van der Waals surface area (Å²) in [7, 11) is 0. The molecule has 18 heavy (non-hydrogen) atoms. The number of hydrogen-bond acceptors (Lipinski definition) is 5. The third kappa shape index (κ3) is 10.8. The first-order valence-electron chi connectivity index (χ1n) is 5.38. The van der Waals surface area contributed by atoms with Crippen molar-refractivity contribution in [1.29, 1.82) is 0 Å². The lowest BCUT2D eigenvalue weighted by molar-refractivity contribution is -0.186. The lowest BCUT2D eigenvalue weighted by atomic mass is 10.4. The summed E-state index contributed by atoms with van der Waals surface area (Å²) in [4.78, 5) is 25.4. The quantitative estimate of drug-likeness (QED) is 0.546. The standard InChI is InChI=1S/C8H15NO3.C4H6O2/c1-4-9(5-6-10)12-8(11)7(2)3;1-3(2)4(5)6/h10H,2,4-6H2,1,3H3;1H2,2H3,(H,5,6). The molecular formula is C12H21NO5. The largest absolute Gasteiger partial charge is 0.478 e. The second-order valence-electron chi connectivity index (χ2n) is 3.49. The molecule has 104 valence electrons. The second kappa shape index (κ2) is 10.5. The van der Waals surface area contributed by atoms with E-state index in [0.717, 1.165) is 0 Å². The normalized spacial score (nSPS) is 9.17. The fourth-order valence-electron chi connectivity index (χ4n) is 0.575. The van der Waals surface area contributed by atoms with E-state index >= 15 is 0 Å². The topological polar surface area (TPSA) is 87.1 Å². The highest BCUT2D eigenvalue weighted by molar-refractivity contribution is 5.86. The number of carbonyl (C=O) groups excluding carboxylic acids is 1. The van der Waals surface area contributed by atoms with Gasteiger partial charge in [0.05, 0.1) is 13.2 Å². The van der Waals surface area contributed by atoms with Gasteiger partial charge in [0.2, 0.25) is 0 Å². The summed E-state index contributed by atoms with van der Waals surface area (Å²) in [5, 5.41) is 17.8. The molecular weight excluding hydrogens is 238 g/mol. The lowest BCUT2D eigenvalue weighted by Crippen LogP contribution is -2.30. The minimum absolute atomic E-state index is 0.0304. The number of carbonyl (C=O) groups is 2. The van der Waals surface area contributed by atoms with Crippen LogP contribution in [0.3, 0.4) is 0 Å². The van der Waals surface area contributed by atoms with Crippen LogP contribution in [0.15, 0.2) is 24.3 Å². The van der Waals surface area contributed by atoms with Gasteiger partial charge in [-0.15, -0.1) is 5.06 Å². The van der Waals surface area contributed by atoms with E-state index in [4.69, 9.17) is 15.1 Å². The van der Waals surface area contributed by atoms with Crippen molar-refractivity contribution in [2.75, 3.05) is 19.7 Å². The molecule has 6 heteroatoms. The van der Waals surface area contributed by atoms with Crippen LogP contribution in [0.4, 0.5) is 0 Å². The van der Waals surface area contributed by atoms with Crippen LogP contribution in [0, 0.1) is 0 Å². The van der Waals surface area contributed by atoms with Gasteiger partial charge in [-0.05, 0) is 20.8 Å². The van der Waals surface area contributed by atoms with Crippen molar-refractivity contribution in [2.24, 2.45) is 0 Å². The Kier molecular flexibility index (Phi) is 10.9. The number of aliphatic hydroxyl groups excluding tert-OH is 1. The van der Waals surface area contributed by atoms with Crippen LogP contribution in [0.5, 0.6) is 0 Å². The van der Waals surface area contributed by atoms with Crippen LogP contribution < -0.4 is 0 Å². The summed E-state index contributed by atoms with van der Waals surface area (Å²) in [6, 6.07) is 0. The number of hydrogen-bond donors (Lipinski definition) is 2. The third-order valence-electron chi connectivity index (χ3n) is 1.63. The van der Waals surface area contributed by atoms with E-state index in [9.17, 15) is 9.59 Å². The fraction of sp³-hybridized carbons (Fsp3) is 0.500. The van der Waals surface area contributed by atoms with Crippen molar-refractivity contribution >= 4 is 11.9 Å². The van der Waals surface area contributed by atoms with E-state index < -0.39 is 11.9 Å². The number of aliphatic hydroxyl groups is 1. The molecule has 0 atom stereocenters. The Bertz CT molecular complexity index is 300. The average molecular weight is 259 g/mol. The first-order chi connectivity index (χ1) is 8.26. The van der Waals surface area contributed by atoms with Gasteiger partial charge in [0.25, 0.3) is 0 Å². The minimum atomic E-state index is -0.935. The van der Waals surface area contributed by atoms with Crippen LogP contribution in [0.2, 0.25) is 0 Å². The number of nitrogens with zero attached hydrogens (tertiary/aromatic N) is 1. The first kappa shape index (κ1) is 18.7. The maximum atomic E-state index is 10.9. The van der Waals surface area contributed by atoms with Crippen LogP contribution >= 0.6 is 0 Å². The second-order valence-corrected chi connectivity index (χ2v) is 3.49. The van der Waals surface area contributed by atoms with Crippen LogP contribution in [0.25, 0.3) is 0 Å². The van der Waals surface area contributed by atoms with Crippen molar-refractivity contribution in [3.63, 3.8) is 0 Å². The Morgan fingerprint density at radius 3 is 1.89 bits per heavy atom. The van der Waals surface area contributed by atoms with E-state index in [1.807, 2.05) is 6.92 Å². The van der Waals surface area contributed by atoms with Crippen LogP contribution in [-0.2, 0) is 14.4 Å². The molecule has 0 aromatic carbocycles. The molecule has 0 aromatic heterocycles. The molecule has 0 aliphatic heterocycles. The molecule has 0 saturated carbocycles. The van der Waals surface area contributed by atoms with Crippen molar-refractivity contribution < 1.29 is 24.6 Å². The molecule has 0 saturated heterocycles. The first-order valence-corrected chi connectivity index (χ1v) is 5.38. The summed E-state index contributed by atoms with van der Waals surface area (Å²) < 4.78 is 0. The highest BCUT2D eigenvalue weighted by atomic mass is 16.7. The van der Waals surface area contributed by atoms with E-state index in [2.05, 4.69) is 13.2 Å². The molecule has 0 aliphatic carbocycles. The molecule has 0 rings (SSSR count). The van der Waals surface area contributed by atoms with Gasteiger partial charge in [0.1, 0.15) is 0 Å². The molecule has 0 aromatic rings. The number of carboxylic acids is 1. The van der Waals surface area contributed by atoms with Crippen LogP contribution in [-0.4, -0.2) is 46.9 Å². The highest BCUT2D eigenvalue weighted by Crippen LogP contribution is 1.96. The predicted octanol–water partition coefficient (Wildman–Crippen LogP) is 0.982. The van der Waals surface area contributed by atoms with Gasteiger partial charge in [-0.2, -0.15) is 0 Å². The van der Waals surface area contributed by atoms with E-state index in [1.165, 1.54) is 12.0 Å². The average Bonchev–Trinajstić information content (AvgIpc) is 2.28. The van der Waals surface area contributed by atoms with E-state index in [1.54, 1.807) is 6.92 Å². The molecule has 2 N–H and O–H groups in total. The SMILES string of the molecule is C=C(C)C(=O)O.C=C(C)C(=O)ON(CC)CCO.